The van der Waals surface area contributed by atoms with Crippen LogP contribution in [0.1, 0.15) is 12.1 Å². The van der Waals surface area contributed by atoms with E-state index in [0.29, 0.717) is 12.6 Å². The summed E-state index contributed by atoms with van der Waals surface area (Å²) in [6, 6.07) is 9.39. The number of hydrogen-bond donors (Lipinski definition) is 3. The van der Waals surface area contributed by atoms with Crippen LogP contribution in [0.4, 0.5) is 29.2 Å². The van der Waals surface area contributed by atoms with Crippen LogP contribution in [0.2, 0.25) is 0 Å². The molecule has 0 saturated carbocycles. The van der Waals surface area contributed by atoms with Crippen LogP contribution >= 0.6 is 0 Å². The summed E-state index contributed by atoms with van der Waals surface area (Å²) in [4.78, 5) is 16.4. The number of benzene rings is 1. The highest BCUT2D eigenvalue weighted by Crippen LogP contribution is 2.36. The van der Waals surface area contributed by atoms with E-state index in [9.17, 15) is 21.6 Å². The lowest BCUT2D eigenvalue weighted by Gasteiger charge is -2.26. The van der Waals surface area contributed by atoms with Crippen molar-refractivity contribution in [3.8, 4) is 22.9 Å². The number of ether oxygens (including phenoxy) is 1. The molecular weight excluding hydrogens is 566 g/mol. The van der Waals surface area contributed by atoms with Crippen LogP contribution in [0.3, 0.4) is 0 Å². The summed E-state index contributed by atoms with van der Waals surface area (Å²) >= 11 is 0. The van der Waals surface area contributed by atoms with Crippen LogP contribution in [0.15, 0.2) is 61.1 Å². The highest BCUT2D eigenvalue weighted by molar-refractivity contribution is 7.91. The summed E-state index contributed by atoms with van der Waals surface area (Å²) in [5.41, 5.74) is -0.560. The predicted octanol–water partition coefficient (Wildman–Crippen LogP) is 4.20. The zero-order valence-electron chi connectivity index (χ0n) is 21.2. The molecule has 4 heterocycles. The van der Waals surface area contributed by atoms with Crippen molar-refractivity contribution in [2.24, 2.45) is 0 Å². The summed E-state index contributed by atoms with van der Waals surface area (Å²) in [5, 5.41) is 6.02. The molecule has 3 N–H and O–H groups in total. The van der Waals surface area contributed by atoms with Gasteiger partial charge in [-0.15, -0.1) is 0 Å². The third kappa shape index (κ3) is 6.86. The van der Waals surface area contributed by atoms with Crippen LogP contribution in [0.5, 0.6) is 11.6 Å². The lowest BCUT2D eigenvalue weighted by molar-refractivity contribution is 0.254. The average molecular weight is 590 g/mol. The Balaban J connectivity index is 1.38. The van der Waals surface area contributed by atoms with E-state index >= 15 is 4.39 Å². The largest absolute Gasteiger partial charge is 0.435 e. The number of rotatable bonds is 9. The maximum Gasteiger partial charge on any atom is 0.238 e. The second-order valence-corrected chi connectivity index (χ2v) is 10.8. The van der Waals surface area contributed by atoms with Crippen molar-refractivity contribution in [3.63, 3.8) is 0 Å². The van der Waals surface area contributed by atoms with Gasteiger partial charge in [0, 0.05) is 50.2 Å². The van der Waals surface area contributed by atoms with Crippen molar-refractivity contribution in [1.29, 1.82) is 0 Å². The zero-order chi connectivity index (χ0) is 29.0. The molecule has 10 nitrogen and oxygen atoms in total. The average Bonchev–Trinajstić information content (AvgIpc) is 2.95. The quantitative estimate of drug-likeness (QED) is 0.194. The third-order valence-electron chi connectivity index (χ3n) is 5.99. The van der Waals surface area contributed by atoms with E-state index in [-0.39, 0.29) is 47.8 Å². The van der Waals surface area contributed by atoms with Gasteiger partial charge < -0.3 is 15.4 Å². The molecule has 1 aliphatic rings. The fourth-order valence-electron chi connectivity index (χ4n) is 4.14. The maximum absolute atomic E-state index is 15.0. The Morgan fingerprint density at radius 2 is 1.80 bits per heavy atom. The van der Waals surface area contributed by atoms with Gasteiger partial charge in [-0.05, 0) is 30.3 Å². The van der Waals surface area contributed by atoms with E-state index in [4.69, 9.17) is 4.74 Å². The third-order valence-corrected chi connectivity index (χ3v) is 7.18. The first-order valence-electron chi connectivity index (χ1n) is 12.3. The molecule has 0 amide bonds. The molecule has 4 aromatic rings. The number of aromatic nitrogens is 4. The van der Waals surface area contributed by atoms with Gasteiger partial charge in [0.1, 0.15) is 17.6 Å². The van der Waals surface area contributed by atoms with E-state index in [1.54, 1.807) is 29.0 Å². The fraction of sp³-hybridized carbons (Fsp3) is 0.231. The Bertz CT molecular complexity index is 1650. The zero-order valence-corrected chi connectivity index (χ0v) is 22.0. The normalized spacial score (nSPS) is 17.2. The SMILES string of the molecule is O=S(=O)(Cc1ccccn1)Nc1c(F)cc(Oc2ncccc2-c2ccnc(N[C@@H]3CNC[C@@H](F)C3)n2)c(F)c1F. The molecule has 214 valence electrons. The lowest BCUT2D eigenvalue weighted by Crippen LogP contribution is -2.44. The Morgan fingerprint density at radius 3 is 2.59 bits per heavy atom. The first kappa shape index (κ1) is 28.2. The van der Waals surface area contributed by atoms with Gasteiger partial charge in [-0.2, -0.15) is 4.39 Å². The number of alkyl halides is 1. The smallest absolute Gasteiger partial charge is 0.238 e. The predicted molar refractivity (Wildman–Crippen MR) is 142 cm³/mol. The number of piperidine rings is 1. The molecule has 5 rings (SSSR count). The Labute approximate surface area is 232 Å². The molecule has 15 heteroatoms. The summed E-state index contributed by atoms with van der Waals surface area (Å²) in [6.45, 7) is 0.784. The van der Waals surface area contributed by atoms with Crippen LogP contribution in [0.25, 0.3) is 11.3 Å². The molecule has 1 aliphatic heterocycles. The van der Waals surface area contributed by atoms with Crippen LogP contribution in [-0.4, -0.2) is 53.7 Å². The van der Waals surface area contributed by atoms with Crippen molar-refractivity contribution in [3.05, 3.63) is 84.2 Å². The van der Waals surface area contributed by atoms with Gasteiger partial charge in [-0.1, -0.05) is 6.07 Å². The minimum Gasteiger partial charge on any atom is -0.435 e. The van der Waals surface area contributed by atoms with E-state index in [2.05, 4.69) is 30.6 Å². The minimum atomic E-state index is -4.34. The summed E-state index contributed by atoms with van der Waals surface area (Å²) in [6.07, 6.45) is 3.38. The molecule has 1 fully saturated rings. The summed E-state index contributed by atoms with van der Waals surface area (Å²) in [7, 11) is -4.34. The lowest BCUT2D eigenvalue weighted by atomic mass is 10.1. The molecule has 0 spiro atoms. The van der Waals surface area contributed by atoms with Gasteiger partial charge in [0.2, 0.25) is 27.7 Å². The van der Waals surface area contributed by atoms with Crippen LogP contribution in [0, 0.1) is 17.5 Å². The Kier molecular flexibility index (Phi) is 8.26. The molecule has 41 heavy (non-hydrogen) atoms. The Morgan fingerprint density at radius 1 is 0.976 bits per heavy atom. The molecule has 0 aliphatic carbocycles. The second kappa shape index (κ2) is 12.0. The molecule has 2 atom stereocenters. The molecule has 0 unspecified atom stereocenters. The van der Waals surface area contributed by atoms with Gasteiger partial charge >= 0.3 is 0 Å². The van der Waals surface area contributed by atoms with E-state index < -0.39 is 50.8 Å². The minimum absolute atomic E-state index is 0.119. The molecule has 1 saturated heterocycles. The van der Waals surface area contributed by atoms with Crippen molar-refractivity contribution >= 4 is 21.7 Å². The molecule has 0 bridgehead atoms. The summed E-state index contributed by atoms with van der Waals surface area (Å²) < 4.78 is 90.6. The molecular formula is C26H23F4N7O3S. The first-order valence-corrected chi connectivity index (χ1v) is 14.0. The highest BCUT2D eigenvalue weighted by Gasteiger charge is 2.26. The van der Waals surface area contributed by atoms with E-state index in [0.717, 1.165) is 0 Å². The summed E-state index contributed by atoms with van der Waals surface area (Å²) in [5.74, 6) is -6.46. The van der Waals surface area contributed by atoms with Crippen molar-refractivity contribution in [2.75, 3.05) is 23.1 Å². The van der Waals surface area contributed by atoms with Crippen LogP contribution in [-0.2, 0) is 15.8 Å². The van der Waals surface area contributed by atoms with Crippen molar-refractivity contribution in [1.82, 2.24) is 25.3 Å². The first-order chi connectivity index (χ1) is 19.7. The Hall–Kier alpha value is -4.37. The van der Waals surface area contributed by atoms with Gasteiger partial charge in [0.15, 0.2) is 17.4 Å². The monoisotopic (exact) mass is 589 g/mol. The standard InChI is InChI=1S/C26H23F4N7O3S/c27-15-10-17(13-31-12-15)35-26-34-9-6-20(36-26)18-5-3-8-33-25(18)40-21-11-19(28)24(23(30)22(21)29)37-41(38,39)14-16-4-1-2-7-32-16/h1-9,11,15,17,31,37H,10,12-14H2,(H,34,35,36)/t15-,17-/m0/s1. The topological polar surface area (TPSA) is 131 Å². The van der Waals surface area contributed by atoms with Gasteiger partial charge in [0.25, 0.3) is 0 Å². The molecule has 0 radical (unpaired) electrons. The van der Waals surface area contributed by atoms with Crippen molar-refractivity contribution < 1.29 is 30.7 Å². The number of hydrogen-bond acceptors (Lipinski definition) is 9. The molecule has 3 aromatic heterocycles. The number of pyridine rings is 2. The number of sulfonamides is 1. The number of nitrogens with zero attached hydrogens (tertiary/aromatic N) is 4. The van der Waals surface area contributed by atoms with Gasteiger partial charge in [-0.3, -0.25) is 9.71 Å². The van der Waals surface area contributed by atoms with Gasteiger partial charge in [-0.25, -0.2) is 36.5 Å². The van der Waals surface area contributed by atoms with E-state index in [1.807, 2.05) is 0 Å². The number of halogens is 4. The van der Waals surface area contributed by atoms with Crippen molar-refractivity contribution in [2.45, 2.75) is 24.4 Å². The van der Waals surface area contributed by atoms with Gasteiger partial charge in [0.05, 0.1) is 17.0 Å². The second-order valence-electron chi connectivity index (χ2n) is 9.10. The maximum atomic E-state index is 15.0. The molecule has 1 aromatic carbocycles. The van der Waals surface area contributed by atoms with Crippen LogP contribution < -0.4 is 20.1 Å². The van der Waals surface area contributed by atoms with E-state index in [1.165, 1.54) is 30.7 Å². The fourth-order valence-corrected chi connectivity index (χ4v) is 5.27. The number of anilines is 2. The number of nitrogens with one attached hydrogen (secondary N) is 3. The highest BCUT2D eigenvalue weighted by atomic mass is 32.2.